The predicted octanol–water partition coefficient (Wildman–Crippen LogP) is 2.00. The van der Waals surface area contributed by atoms with E-state index in [4.69, 9.17) is 0 Å². The van der Waals surface area contributed by atoms with Crippen LogP contribution >= 0.6 is 0 Å². The lowest BCUT2D eigenvalue weighted by molar-refractivity contribution is -0.139. The number of anilines is 1. The molecule has 0 bridgehead atoms. The van der Waals surface area contributed by atoms with Crippen molar-refractivity contribution in [3.63, 3.8) is 0 Å². The molecule has 0 spiro atoms. The molecule has 1 atom stereocenters. The Bertz CT molecular complexity index is 555. The van der Waals surface area contributed by atoms with Gasteiger partial charge in [0.05, 0.1) is 0 Å². The maximum Gasteiger partial charge on any atom is 0.322 e. The van der Waals surface area contributed by atoms with Gasteiger partial charge in [-0.15, -0.1) is 0 Å². The second-order valence-corrected chi connectivity index (χ2v) is 4.40. The molecule has 0 saturated heterocycles. The first-order valence-corrected chi connectivity index (χ1v) is 6.22. The molecule has 0 amide bonds. The minimum absolute atomic E-state index is 0.163. The molecular formula is C15H16N2O3. The molecular weight excluding hydrogens is 256 g/mol. The zero-order valence-electron chi connectivity index (χ0n) is 10.8. The summed E-state index contributed by atoms with van der Waals surface area (Å²) in [7, 11) is 0. The van der Waals surface area contributed by atoms with Crippen LogP contribution in [0.25, 0.3) is 0 Å². The number of hydrogen-bond donors (Lipinski definition) is 4. The summed E-state index contributed by atoms with van der Waals surface area (Å²) in [6.07, 6.45) is 0.315. The van der Waals surface area contributed by atoms with Gasteiger partial charge in [0.2, 0.25) is 0 Å². The molecule has 0 fully saturated rings. The summed E-state index contributed by atoms with van der Waals surface area (Å²) in [6.45, 7) is 0. The molecule has 0 unspecified atom stereocenters. The van der Waals surface area contributed by atoms with E-state index < -0.39 is 12.0 Å². The summed E-state index contributed by atoms with van der Waals surface area (Å²) in [5, 5.41) is 18.4. The Hall–Kier alpha value is -2.53. The number of nitrogens with one attached hydrogen (secondary N) is 2. The summed E-state index contributed by atoms with van der Waals surface area (Å²) in [5.41, 5.74) is 7.29. The minimum atomic E-state index is -0.943. The van der Waals surface area contributed by atoms with Gasteiger partial charge in [-0.3, -0.25) is 4.79 Å². The van der Waals surface area contributed by atoms with E-state index in [1.54, 1.807) is 24.3 Å². The summed E-state index contributed by atoms with van der Waals surface area (Å²) < 4.78 is 0. The Kier molecular flexibility index (Phi) is 4.57. The summed E-state index contributed by atoms with van der Waals surface area (Å²) in [4.78, 5) is 11.2. The van der Waals surface area contributed by atoms with Gasteiger partial charge in [0.1, 0.15) is 11.8 Å². The monoisotopic (exact) mass is 272 g/mol. The van der Waals surface area contributed by atoms with Crippen molar-refractivity contribution in [1.82, 2.24) is 5.43 Å². The molecule has 5 nitrogen and oxygen atoms in total. The molecule has 4 N–H and O–H groups in total. The number of aromatic hydroxyl groups is 1. The number of carboxylic acid groups (broad SMARTS) is 1. The van der Waals surface area contributed by atoms with Gasteiger partial charge in [0, 0.05) is 12.1 Å². The minimum Gasteiger partial charge on any atom is -0.508 e. The molecule has 0 aliphatic rings. The first-order chi connectivity index (χ1) is 9.65. The van der Waals surface area contributed by atoms with Crippen LogP contribution in [0, 0.1) is 0 Å². The van der Waals surface area contributed by atoms with E-state index in [1.807, 2.05) is 30.3 Å². The van der Waals surface area contributed by atoms with Crippen molar-refractivity contribution >= 4 is 11.7 Å². The van der Waals surface area contributed by atoms with Gasteiger partial charge in [-0.1, -0.05) is 30.3 Å². The van der Waals surface area contributed by atoms with Crippen LogP contribution in [0.1, 0.15) is 5.56 Å². The van der Waals surface area contributed by atoms with E-state index in [2.05, 4.69) is 10.9 Å². The zero-order valence-corrected chi connectivity index (χ0v) is 10.8. The van der Waals surface area contributed by atoms with E-state index in [-0.39, 0.29) is 5.75 Å². The fourth-order valence-electron chi connectivity index (χ4n) is 1.76. The number of phenolic OH excluding ortho intramolecular Hbond substituents is 1. The Morgan fingerprint density at radius 1 is 1.05 bits per heavy atom. The second kappa shape index (κ2) is 6.58. The smallest absolute Gasteiger partial charge is 0.322 e. The van der Waals surface area contributed by atoms with Crippen LogP contribution in [0.4, 0.5) is 5.69 Å². The Labute approximate surface area is 116 Å². The van der Waals surface area contributed by atoms with Crippen molar-refractivity contribution in [2.75, 3.05) is 5.43 Å². The SMILES string of the molecule is O=C(O)[C@H](Cc1ccc(O)cc1)NNc1ccccc1. The van der Waals surface area contributed by atoms with E-state index in [0.717, 1.165) is 11.3 Å². The number of carbonyl (C=O) groups is 1. The summed E-state index contributed by atoms with van der Waals surface area (Å²) >= 11 is 0. The molecule has 0 aromatic heterocycles. The number of benzene rings is 2. The van der Waals surface area contributed by atoms with E-state index in [9.17, 15) is 15.0 Å². The standard InChI is InChI=1S/C15H16N2O3/c18-13-8-6-11(7-9-13)10-14(15(19)20)17-16-12-4-2-1-3-5-12/h1-9,14,16-18H,10H2,(H,19,20)/t14-/m0/s1. The molecule has 0 saturated carbocycles. The first kappa shape index (κ1) is 13.9. The Morgan fingerprint density at radius 3 is 2.30 bits per heavy atom. The maximum atomic E-state index is 11.2. The van der Waals surface area contributed by atoms with Gasteiger partial charge in [-0.05, 0) is 29.8 Å². The third-order valence-electron chi connectivity index (χ3n) is 2.84. The van der Waals surface area contributed by atoms with Gasteiger partial charge >= 0.3 is 5.97 Å². The van der Waals surface area contributed by atoms with E-state index in [0.29, 0.717) is 6.42 Å². The van der Waals surface area contributed by atoms with Crippen LogP contribution in [-0.2, 0) is 11.2 Å². The summed E-state index contributed by atoms with van der Waals surface area (Å²) in [5.74, 6) is -0.780. The summed E-state index contributed by atoms with van der Waals surface area (Å²) in [6, 6.07) is 15.0. The number of carboxylic acids is 1. The van der Waals surface area contributed by atoms with Crippen molar-refractivity contribution in [2.45, 2.75) is 12.5 Å². The predicted molar refractivity (Wildman–Crippen MR) is 76.4 cm³/mol. The molecule has 0 radical (unpaired) electrons. The molecule has 0 aliphatic carbocycles. The molecule has 20 heavy (non-hydrogen) atoms. The lowest BCUT2D eigenvalue weighted by Gasteiger charge is -2.16. The van der Waals surface area contributed by atoms with Gasteiger partial charge in [0.15, 0.2) is 0 Å². The van der Waals surface area contributed by atoms with Crippen molar-refractivity contribution in [2.24, 2.45) is 0 Å². The van der Waals surface area contributed by atoms with Gasteiger partial charge in [-0.2, -0.15) is 0 Å². The molecule has 104 valence electrons. The average molecular weight is 272 g/mol. The Balaban J connectivity index is 1.97. The van der Waals surface area contributed by atoms with Crippen LogP contribution in [0.2, 0.25) is 0 Å². The fraction of sp³-hybridized carbons (Fsp3) is 0.133. The van der Waals surface area contributed by atoms with Crippen LogP contribution in [0.3, 0.4) is 0 Å². The number of hydrogen-bond acceptors (Lipinski definition) is 4. The molecule has 2 rings (SSSR count). The molecule has 2 aromatic rings. The fourth-order valence-corrected chi connectivity index (χ4v) is 1.76. The van der Waals surface area contributed by atoms with Crippen molar-refractivity contribution < 1.29 is 15.0 Å². The van der Waals surface area contributed by atoms with Crippen molar-refractivity contribution in [3.8, 4) is 5.75 Å². The van der Waals surface area contributed by atoms with E-state index in [1.165, 1.54) is 0 Å². The lowest BCUT2D eigenvalue weighted by atomic mass is 10.1. The zero-order chi connectivity index (χ0) is 14.4. The number of hydrazine groups is 1. The molecule has 0 heterocycles. The van der Waals surface area contributed by atoms with Crippen LogP contribution < -0.4 is 10.9 Å². The molecule has 2 aromatic carbocycles. The van der Waals surface area contributed by atoms with E-state index >= 15 is 0 Å². The second-order valence-electron chi connectivity index (χ2n) is 4.40. The topological polar surface area (TPSA) is 81.6 Å². The average Bonchev–Trinajstić information content (AvgIpc) is 2.46. The van der Waals surface area contributed by atoms with Gasteiger partial charge in [-0.25, -0.2) is 5.43 Å². The van der Waals surface area contributed by atoms with Crippen LogP contribution in [0.5, 0.6) is 5.75 Å². The number of aliphatic carboxylic acids is 1. The first-order valence-electron chi connectivity index (χ1n) is 6.22. The number of para-hydroxylation sites is 1. The number of rotatable bonds is 6. The largest absolute Gasteiger partial charge is 0.508 e. The van der Waals surface area contributed by atoms with Crippen LogP contribution in [0.15, 0.2) is 54.6 Å². The molecule has 0 aliphatic heterocycles. The highest BCUT2D eigenvalue weighted by molar-refractivity contribution is 5.74. The highest BCUT2D eigenvalue weighted by atomic mass is 16.4. The third-order valence-corrected chi connectivity index (χ3v) is 2.84. The van der Waals surface area contributed by atoms with Gasteiger partial charge in [0.25, 0.3) is 0 Å². The van der Waals surface area contributed by atoms with Crippen LogP contribution in [-0.4, -0.2) is 22.2 Å². The highest BCUT2D eigenvalue weighted by Gasteiger charge is 2.17. The molecule has 5 heteroatoms. The van der Waals surface area contributed by atoms with Crippen molar-refractivity contribution in [1.29, 1.82) is 0 Å². The highest BCUT2D eigenvalue weighted by Crippen LogP contribution is 2.12. The number of phenols is 1. The lowest BCUT2D eigenvalue weighted by Crippen LogP contribution is -2.41. The quantitative estimate of drug-likeness (QED) is 0.605. The normalized spacial score (nSPS) is 11.8. The maximum absolute atomic E-state index is 11.2. The van der Waals surface area contributed by atoms with Crippen molar-refractivity contribution in [3.05, 3.63) is 60.2 Å². The van der Waals surface area contributed by atoms with Gasteiger partial charge < -0.3 is 15.6 Å². The Morgan fingerprint density at radius 2 is 1.70 bits per heavy atom. The third kappa shape index (κ3) is 4.00.